The number of piperazine rings is 1. The Morgan fingerprint density at radius 2 is 2.03 bits per heavy atom. The molecule has 0 amide bonds. The molecule has 2 fully saturated rings. The van der Waals surface area contributed by atoms with Crippen molar-refractivity contribution in [3.8, 4) is 11.4 Å². The van der Waals surface area contributed by atoms with Crippen molar-refractivity contribution in [1.82, 2.24) is 29.4 Å². The minimum atomic E-state index is -3.17. The summed E-state index contributed by atoms with van der Waals surface area (Å²) < 4.78 is 32.3. The summed E-state index contributed by atoms with van der Waals surface area (Å²) in [6, 6.07) is 8.20. The Hall–Kier alpha value is -1.91. The van der Waals surface area contributed by atoms with Crippen LogP contribution in [0.25, 0.3) is 32.5 Å². The number of rotatable bonds is 5. The van der Waals surface area contributed by atoms with Gasteiger partial charge < -0.3 is 9.64 Å². The summed E-state index contributed by atoms with van der Waals surface area (Å²) in [6.07, 6.45) is 3.10. The van der Waals surface area contributed by atoms with Crippen LogP contribution in [0.1, 0.15) is 4.88 Å². The second kappa shape index (κ2) is 9.76. The summed E-state index contributed by atoms with van der Waals surface area (Å²) in [5, 5.41) is 8.24. The number of hydrogen-bond donors (Lipinski definition) is 1. The van der Waals surface area contributed by atoms with E-state index >= 15 is 0 Å². The normalized spacial score (nSPS) is 20.5. The van der Waals surface area contributed by atoms with Gasteiger partial charge in [-0.2, -0.15) is 9.40 Å². The number of anilines is 1. The highest BCUT2D eigenvalue weighted by Crippen LogP contribution is 2.36. The van der Waals surface area contributed by atoms with E-state index in [0.29, 0.717) is 38.7 Å². The van der Waals surface area contributed by atoms with E-state index in [1.165, 1.54) is 11.1 Å². The highest BCUT2D eigenvalue weighted by molar-refractivity contribution is 14.1. The van der Waals surface area contributed by atoms with Gasteiger partial charge in [-0.3, -0.25) is 10.00 Å². The molecule has 1 atom stereocenters. The highest BCUT2D eigenvalue weighted by Gasteiger charge is 2.30. The van der Waals surface area contributed by atoms with Crippen molar-refractivity contribution >= 4 is 70.9 Å². The molecule has 190 valence electrons. The van der Waals surface area contributed by atoms with Crippen LogP contribution >= 0.6 is 33.9 Å². The maximum atomic E-state index is 12.0. The van der Waals surface area contributed by atoms with Gasteiger partial charge in [0.15, 0.2) is 11.6 Å². The standard InChI is InChI=1S/C23H26IN7O3S2/c1-36(32,33)31-6-5-30(20(24)14-31)13-15-11-19-21(35-15)23(29-7-9-34-10-8-29)27-22(26-19)16-3-2-4-18-17(16)12-25-28-18/h2-4,11-12,20H,5-10,13-14H2,1H3,(H,25,28). The topological polar surface area (TPSA) is 108 Å². The van der Waals surface area contributed by atoms with Crippen molar-refractivity contribution in [3.05, 3.63) is 35.3 Å². The van der Waals surface area contributed by atoms with Gasteiger partial charge in [-0.1, -0.05) is 34.7 Å². The van der Waals surface area contributed by atoms with Gasteiger partial charge in [-0.25, -0.2) is 18.4 Å². The van der Waals surface area contributed by atoms with E-state index in [2.05, 4.69) is 48.7 Å². The molecule has 1 unspecified atom stereocenters. The molecule has 2 aliphatic heterocycles. The lowest BCUT2D eigenvalue weighted by molar-refractivity contribution is 0.122. The quantitative estimate of drug-likeness (QED) is 0.202. The largest absolute Gasteiger partial charge is 0.378 e. The number of H-pyrrole nitrogens is 1. The van der Waals surface area contributed by atoms with Gasteiger partial charge >= 0.3 is 0 Å². The predicted octanol–water partition coefficient (Wildman–Crippen LogP) is 2.91. The molecule has 13 heteroatoms. The first-order chi connectivity index (χ1) is 17.4. The molecule has 4 aromatic rings. The summed E-state index contributed by atoms with van der Waals surface area (Å²) >= 11 is 4.07. The number of fused-ring (bicyclic) bond motifs is 2. The molecule has 3 aromatic heterocycles. The lowest BCUT2D eigenvalue weighted by Crippen LogP contribution is -2.51. The molecule has 0 radical (unpaired) electrons. The first-order valence-electron chi connectivity index (χ1n) is 11.8. The molecule has 2 saturated heterocycles. The first kappa shape index (κ1) is 24.4. The Balaban J connectivity index is 1.37. The number of halogens is 1. The van der Waals surface area contributed by atoms with E-state index in [0.717, 1.165) is 52.1 Å². The van der Waals surface area contributed by atoms with E-state index in [4.69, 9.17) is 14.7 Å². The molecule has 1 aromatic carbocycles. The van der Waals surface area contributed by atoms with Crippen molar-refractivity contribution in [2.24, 2.45) is 0 Å². The first-order valence-corrected chi connectivity index (χ1v) is 15.7. The molecule has 10 nitrogen and oxygen atoms in total. The summed E-state index contributed by atoms with van der Waals surface area (Å²) in [6.45, 7) is 5.40. The number of nitrogens with zero attached hydrogens (tertiary/aromatic N) is 6. The zero-order valence-electron chi connectivity index (χ0n) is 19.7. The predicted molar refractivity (Wildman–Crippen MR) is 150 cm³/mol. The lowest BCUT2D eigenvalue weighted by atomic mass is 10.1. The van der Waals surface area contributed by atoms with Gasteiger partial charge in [0, 0.05) is 55.1 Å². The third-order valence-corrected chi connectivity index (χ3v) is 10.2. The van der Waals surface area contributed by atoms with Crippen molar-refractivity contribution in [2.75, 3.05) is 57.1 Å². The van der Waals surface area contributed by atoms with Crippen molar-refractivity contribution < 1.29 is 13.2 Å². The van der Waals surface area contributed by atoms with Crippen LogP contribution in [-0.2, 0) is 21.3 Å². The summed E-state index contributed by atoms with van der Waals surface area (Å²) in [7, 11) is -3.17. The number of thiophene rings is 1. The fourth-order valence-electron chi connectivity index (χ4n) is 4.75. The van der Waals surface area contributed by atoms with E-state index in [1.54, 1.807) is 15.6 Å². The smallest absolute Gasteiger partial charge is 0.211 e. The number of ether oxygens (including phenoxy) is 1. The molecular weight excluding hydrogens is 613 g/mol. The Kier molecular flexibility index (Phi) is 6.62. The average molecular weight is 640 g/mol. The molecule has 1 N–H and O–H groups in total. The molecule has 36 heavy (non-hydrogen) atoms. The molecular formula is C23H26IN7O3S2. The van der Waals surface area contributed by atoms with Crippen LogP contribution in [0.15, 0.2) is 30.5 Å². The van der Waals surface area contributed by atoms with Gasteiger partial charge in [0.2, 0.25) is 10.0 Å². The zero-order valence-corrected chi connectivity index (χ0v) is 23.5. The van der Waals surface area contributed by atoms with Gasteiger partial charge in [0.25, 0.3) is 0 Å². The third-order valence-electron chi connectivity index (χ3n) is 6.66. The SMILES string of the molecule is CS(=O)(=O)N1CCN(Cc2cc3nc(-c4cccc5[nH]ncc45)nc(N4CCOCC4)c3s2)C(I)C1. The monoisotopic (exact) mass is 639 g/mol. The minimum Gasteiger partial charge on any atom is -0.378 e. The number of aromatic nitrogens is 4. The number of benzene rings is 1. The molecule has 0 saturated carbocycles. The molecule has 0 spiro atoms. The molecule has 2 aliphatic rings. The minimum absolute atomic E-state index is 0.107. The van der Waals surface area contributed by atoms with E-state index in [-0.39, 0.29) is 4.05 Å². The van der Waals surface area contributed by atoms with Gasteiger partial charge in [-0.15, -0.1) is 11.3 Å². The van der Waals surface area contributed by atoms with Crippen LogP contribution in [0, 0.1) is 0 Å². The van der Waals surface area contributed by atoms with Crippen LogP contribution in [0.5, 0.6) is 0 Å². The maximum Gasteiger partial charge on any atom is 0.211 e. The van der Waals surface area contributed by atoms with E-state index in [9.17, 15) is 8.42 Å². The Morgan fingerprint density at radius 1 is 1.19 bits per heavy atom. The molecule has 0 aliphatic carbocycles. The average Bonchev–Trinajstić information content (AvgIpc) is 3.51. The second-order valence-corrected chi connectivity index (χ2v) is 13.6. The lowest BCUT2D eigenvalue weighted by Gasteiger charge is -2.37. The van der Waals surface area contributed by atoms with E-state index < -0.39 is 10.0 Å². The highest BCUT2D eigenvalue weighted by atomic mass is 127. The number of aromatic amines is 1. The van der Waals surface area contributed by atoms with Crippen LogP contribution in [0.3, 0.4) is 0 Å². The summed E-state index contributed by atoms with van der Waals surface area (Å²) in [5.74, 6) is 1.64. The fourth-order valence-corrected chi connectivity index (χ4v) is 7.93. The molecule has 6 rings (SSSR count). The Morgan fingerprint density at radius 3 is 2.81 bits per heavy atom. The summed E-state index contributed by atoms with van der Waals surface area (Å²) in [4.78, 5) is 15.9. The second-order valence-electron chi connectivity index (χ2n) is 9.06. The zero-order chi connectivity index (χ0) is 24.9. The summed E-state index contributed by atoms with van der Waals surface area (Å²) in [5.41, 5.74) is 2.84. The van der Waals surface area contributed by atoms with Crippen LogP contribution in [0.2, 0.25) is 0 Å². The third kappa shape index (κ3) is 4.72. The number of sulfonamides is 1. The molecule has 5 heterocycles. The molecule has 0 bridgehead atoms. The number of alkyl halides is 1. The number of morpholine rings is 1. The van der Waals surface area contributed by atoms with Crippen molar-refractivity contribution in [1.29, 1.82) is 0 Å². The van der Waals surface area contributed by atoms with Gasteiger partial charge in [0.05, 0.1) is 45.4 Å². The van der Waals surface area contributed by atoms with Crippen LogP contribution in [-0.4, -0.2) is 94.0 Å². The Labute approximate surface area is 226 Å². The Bertz CT molecular complexity index is 1520. The van der Waals surface area contributed by atoms with Crippen LogP contribution in [0.4, 0.5) is 5.82 Å². The fraction of sp³-hybridized carbons (Fsp3) is 0.435. The van der Waals surface area contributed by atoms with Crippen LogP contribution < -0.4 is 4.90 Å². The van der Waals surface area contributed by atoms with Gasteiger partial charge in [-0.05, 0) is 12.1 Å². The van der Waals surface area contributed by atoms with E-state index in [1.807, 2.05) is 24.4 Å². The van der Waals surface area contributed by atoms with Crippen molar-refractivity contribution in [2.45, 2.75) is 10.6 Å². The van der Waals surface area contributed by atoms with Crippen molar-refractivity contribution in [3.63, 3.8) is 0 Å². The number of nitrogens with one attached hydrogen (secondary N) is 1. The maximum absolute atomic E-state index is 12.0. The van der Waals surface area contributed by atoms with Gasteiger partial charge in [0.1, 0.15) is 0 Å². The number of hydrogen-bond acceptors (Lipinski definition) is 9.